The third-order valence-corrected chi connectivity index (χ3v) is 6.17. The molecule has 0 aliphatic heterocycles. The summed E-state index contributed by atoms with van der Waals surface area (Å²) in [6.45, 7) is 0.250. The molecule has 168 valence electrons. The highest BCUT2D eigenvalue weighted by molar-refractivity contribution is 7.99. The van der Waals surface area contributed by atoms with Crippen LogP contribution in [0.4, 0.5) is 4.39 Å². The SMILES string of the molecule is COc1ccc(-c2nnc(SCC(=O)N(Cc3ccccc3F)C3CC3)n2N)c(OC)c1. The predicted molar refractivity (Wildman–Crippen MR) is 119 cm³/mol. The Morgan fingerprint density at radius 3 is 2.69 bits per heavy atom. The molecule has 0 spiro atoms. The fourth-order valence-corrected chi connectivity index (χ4v) is 4.11. The van der Waals surface area contributed by atoms with E-state index in [4.69, 9.17) is 15.3 Å². The van der Waals surface area contributed by atoms with E-state index < -0.39 is 0 Å². The van der Waals surface area contributed by atoms with Crippen LogP contribution in [-0.4, -0.2) is 51.7 Å². The fraction of sp³-hybridized carbons (Fsp3) is 0.318. The van der Waals surface area contributed by atoms with Gasteiger partial charge in [0, 0.05) is 24.2 Å². The molecule has 32 heavy (non-hydrogen) atoms. The van der Waals surface area contributed by atoms with Crippen LogP contribution in [0.15, 0.2) is 47.6 Å². The van der Waals surface area contributed by atoms with Crippen LogP contribution < -0.4 is 15.3 Å². The Labute approximate surface area is 189 Å². The number of aromatic nitrogens is 3. The van der Waals surface area contributed by atoms with Crippen LogP contribution in [0, 0.1) is 5.82 Å². The first kappa shape index (κ1) is 21.9. The largest absolute Gasteiger partial charge is 0.497 e. The number of ether oxygens (including phenoxy) is 2. The summed E-state index contributed by atoms with van der Waals surface area (Å²) in [6.07, 6.45) is 1.86. The Morgan fingerprint density at radius 2 is 2.00 bits per heavy atom. The van der Waals surface area contributed by atoms with Gasteiger partial charge >= 0.3 is 0 Å². The number of hydrogen-bond donors (Lipinski definition) is 1. The zero-order chi connectivity index (χ0) is 22.7. The number of benzene rings is 2. The van der Waals surface area contributed by atoms with E-state index in [0.717, 1.165) is 12.8 Å². The topological polar surface area (TPSA) is 95.5 Å². The summed E-state index contributed by atoms with van der Waals surface area (Å²) >= 11 is 1.19. The van der Waals surface area contributed by atoms with Crippen LogP contribution >= 0.6 is 11.8 Å². The lowest BCUT2D eigenvalue weighted by molar-refractivity contribution is -0.129. The molecule has 0 unspecified atom stereocenters. The number of carbonyl (C=O) groups is 1. The Hall–Kier alpha value is -3.27. The first-order valence-corrected chi connectivity index (χ1v) is 11.1. The standard InChI is InChI=1S/C22H24FN5O3S/c1-30-16-9-10-17(19(11-16)31-2)21-25-26-22(28(21)24)32-13-20(29)27(15-7-8-15)12-14-5-3-4-6-18(14)23/h3-6,9-11,15H,7-8,12-13,24H2,1-2H3. The molecule has 1 saturated carbocycles. The molecule has 2 aromatic carbocycles. The molecule has 1 aliphatic rings. The molecule has 0 bridgehead atoms. The minimum absolute atomic E-state index is 0.0904. The number of halogens is 1. The molecular weight excluding hydrogens is 433 g/mol. The Kier molecular flexibility index (Phi) is 6.50. The van der Waals surface area contributed by atoms with Crippen molar-refractivity contribution in [3.05, 3.63) is 53.8 Å². The molecule has 1 amide bonds. The zero-order valence-corrected chi connectivity index (χ0v) is 18.6. The van der Waals surface area contributed by atoms with Crippen molar-refractivity contribution in [1.82, 2.24) is 19.8 Å². The molecule has 0 radical (unpaired) electrons. The number of hydrogen-bond acceptors (Lipinski definition) is 7. The quantitative estimate of drug-likeness (QED) is 0.390. The molecule has 0 saturated heterocycles. The van der Waals surface area contributed by atoms with E-state index in [1.54, 1.807) is 55.5 Å². The highest BCUT2D eigenvalue weighted by Gasteiger charge is 2.33. The van der Waals surface area contributed by atoms with Crippen molar-refractivity contribution in [2.24, 2.45) is 0 Å². The minimum atomic E-state index is -0.307. The van der Waals surface area contributed by atoms with Crippen molar-refractivity contribution in [3.63, 3.8) is 0 Å². The van der Waals surface area contributed by atoms with Crippen LogP contribution in [-0.2, 0) is 11.3 Å². The summed E-state index contributed by atoms with van der Waals surface area (Å²) in [5.74, 6) is 7.54. The van der Waals surface area contributed by atoms with Crippen molar-refractivity contribution in [2.75, 3.05) is 25.8 Å². The van der Waals surface area contributed by atoms with E-state index in [2.05, 4.69) is 10.2 Å². The van der Waals surface area contributed by atoms with Gasteiger partial charge in [0.1, 0.15) is 17.3 Å². The van der Waals surface area contributed by atoms with Crippen molar-refractivity contribution in [1.29, 1.82) is 0 Å². The van der Waals surface area contributed by atoms with Gasteiger partial charge in [-0.15, -0.1) is 10.2 Å². The van der Waals surface area contributed by atoms with Crippen LogP contribution in [0.3, 0.4) is 0 Å². The van der Waals surface area contributed by atoms with E-state index >= 15 is 0 Å². The van der Waals surface area contributed by atoms with E-state index in [1.165, 1.54) is 22.5 Å². The van der Waals surface area contributed by atoms with Crippen LogP contribution in [0.5, 0.6) is 11.5 Å². The molecule has 1 heterocycles. The number of thioether (sulfide) groups is 1. The number of rotatable bonds is 9. The van der Waals surface area contributed by atoms with Gasteiger partial charge in [-0.05, 0) is 31.0 Å². The van der Waals surface area contributed by atoms with Gasteiger partial charge in [-0.25, -0.2) is 9.07 Å². The Balaban J connectivity index is 1.47. The second-order valence-electron chi connectivity index (χ2n) is 7.38. The molecule has 1 fully saturated rings. The molecule has 2 N–H and O–H groups in total. The monoisotopic (exact) mass is 457 g/mol. The van der Waals surface area contributed by atoms with Crippen molar-refractivity contribution < 1.29 is 18.7 Å². The zero-order valence-electron chi connectivity index (χ0n) is 17.8. The summed E-state index contributed by atoms with van der Waals surface area (Å²) in [5.41, 5.74) is 1.16. The molecule has 4 rings (SSSR count). The van der Waals surface area contributed by atoms with E-state index in [-0.39, 0.29) is 30.1 Å². The maximum Gasteiger partial charge on any atom is 0.233 e. The maximum atomic E-state index is 14.1. The van der Waals surface area contributed by atoms with Crippen molar-refractivity contribution in [3.8, 4) is 22.9 Å². The summed E-state index contributed by atoms with van der Waals surface area (Å²) in [6, 6.07) is 12.0. The highest BCUT2D eigenvalue weighted by Crippen LogP contribution is 2.33. The second kappa shape index (κ2) is 9.47. The van der Waals surface area contributed by atoms with Gasteiger partial charge in [0.15, 0.2) is 5.82 Å². The third-order valence-electron chi connectivity index (χ3n) is 5.25. The lowest BCUT2D eigenvalue weighted by atomic mass is 10.2. The first-order chi connectivity index (χ1) is 15.5. The Morgan fingerprint density at radius 1 is 1.22 bits per heavy atom. The molecule has 1 aromatic heterocycles. The molecule has 0 atom stereocenters. The number of amides is 1. The summed E-state index contributed by atoms with van der Waals surface area (Å²) in [7, 11) is 3.12. The predicted octanol–water partition coefficient (Wildman–Crippen LogP) is 3.10. The van der Waals surface area contributed by atoms with Gasteiger partial charge in [-0.2, -0.15) is 0 Å². The lowest BCUT2D eigenvalue weighted by Crippen LogP contribution is -2.34. The fourth-order valence-electron chi connectivity index (χ4n) is 3.37. The summed E-state index contributed by atoms with van der Waals surface area (Å²) < 4.78 is 26.1. The van der Waals surface area contributed by atoms with E-state index in [1.807, 2.05) is 0 Å². The normalized spacial score (nSPS) is 13.1. The van der Waals surface area contributed by atoms with Crippen molar-refractivity contribution >= 4 is 17.7 Å². The molecule has 8 nitrogen and oxygen atoms in total. The smallest absolute Gasteiger partial charge is 0.233 e. The number of nitrogens with two attached hydrogens (primary N) is 1. The number of nitrogen functional groups attached to an aromatic ring is 1. The van der Waals surface area contributed by atoms with Gasteiger partial charge in [-0.1, -0.05) is 30.0 Å². The highest BCUT2D eigenvalue weighted by atomic mass is 32.2. The van der Waals surface area contributed by atoms with Crippen LogP contribution in [0.25, 0.3) is 11.4 Å². The van der Waals surface area contributed by atoms with E-state index in [0.29, 0.717) is 33.6 Å². The van der Waals surface area contributed by atoms with Gasteiger partial charge in [0.05, 0.1) is 25.5 Å². The summed E-state index contributed by atoms with van der Waals surface area (Å²) in [5, 5.41) is 8.70. The lowest BCUT2D eigenvalue weighted by Gasteiger charge is -2.22. The average molecular weight is 458 g/mol. The summed E-state index contributed by atoms with van der Waals surface area (Å²) in [4.78, 5) is 14.7. The first-order valence-electron chi connectivity index (χ1n) is 10.1. The van der Waals surface area contributed by atoms with Gasteiger partial charge in [-0.3, -0.25) is 4.79 Å². The van der Waals surface area contributed by atoms with Crippen LogP contribution in [0.1, 0.15) is 18.4 Å². The maximum absolute atomic E-state index is 14.1. The molecule has 1 aliphatic carbocycles. The average Bonchev–Trinajstić information content (AvgIpc) is 3.59. The van der Waals surface area contributed by atoms with E-state index in [9.17, 15) is 9.18 Å². The number of carbonyl (C=O) groups excluding carboxylic acids is 1. The third kappa shape index (κ3) is 4.64. The molecule has 10 heteroatoms. The minimum Gasteiger partial charge on any atom is -0.497 e. The molecule has 3 aromatic rings. The van der Waals surface area contributed by atoms with Crippen molar-refractivity contribution in [2.45, 2.75) is 30.6 Å². The number of methoxy groups -OCH3 is 2. The Bertz CT molecular complexity index is 1120. The van der Waals surface area contributed by atoms with Gasteiger partial charge in [0.25, 0.3) is 0 Å². The van der Waals surface area contributed by atoms with Gasteiger partial charge < -0.3 is 20.2 Å². The number of nitrogens with zero attached hydrogens (tertiary/aromatic N) is 4. The second-order valence-corrected chi connectivity index (χ2v) is 8.32. The van der Waals surface area contributed by atoms with Crippen LogP contribution in [0.2, 0.25) is 0 Å². The van der Waals surface area contributed by atoms with Gasteiger partial charge in [0.2, 0.25) is 11.1 Å². The molecular formula is C22H24FN5O3S.